The summed E-state index contributed by atoms with van der Waals surface area (Å²) in [5.74, 6) is 0.398. The number of rotatable bonds is 5. The molecule has 0 radical (unpaired) electrons. The zero-order chi connectivity index (χ0) is 13.9. The van der Waals surface area contributed by atoms with Gasteiger partial charge in [0.05, 0.1) is 6.20 Å². The van der Waals surface area contributed by atoms with Gasteiger partial charge in [-0.2, -0.15) is 5.10 Å². The fraction of sp³-hybridized carbons (Fsp3) is 0.750. The summed E-state index contributed by atoms with van der Waals surface area (Å²) >= 11 is 0. The standard InChI is InChI=1S/C12H22N4O2S/c1-3-16-10-12(8-13-16)19(17,18)14-7-11-5-4-6-15(2)9-11/h8,10-11,14H,3-7,9H2,1-2H3. The van der Waals surface area contributed by atoms with E-state index in [1.807, 2.05) is 6.92 Å². The topological polar surface area (TPSA) is 67.2 Å². The minimum absolute atomic E-state index is 0.249. The van der Waals surface area contributed by atoms with Gasteiger partial charge in [0.15, 0.2) is 0 Å². The van der Waals surface area contributed by atoms with Gasteiger partial charge in [-0.15, -0.1) is 0 Å². The average Bonchev–Trinajstić information content (AvgIpc) is 2.86. The zero-order valence-corrected chi connectivity index (χ0v) is 12.4. The number of piperidine rings is 1. The van der Waals surface area contributed by atoms with E-state index in [0.29, 0.717) is 19.0 Å². The van der Waals surface area contributed by atoms with Crippen LogP contribution in [0.1, 0.15) is 19.8 Å². The number of nitrogens with zero attached hydrogens (tertiary/aromatic N) is 3. The van der Waals surface area contributed by atoms with Crippen LogP contribution in [0.5, 0.6) is 0 Å². The molecule has 1 aliphatic rings. The van der Waals surface area contributed by atoms with Gasteiger partial charge >= 0.3 is 0 Å². The largest absolute Gasteiger partial charge is 0.306 e. The number of hydrogen-bond donors (Lipinski definition) is 1. The first-order valence-electron chi connectivity index (χ1n) is 6.72. The maximum Gasteiger partial charge on any atom is 0.243 e. The van der Waals surface area contributed by atoms with Crippen LogP contribution in [0.4, 0.5) is 0 Å². The van der Waals surface area contributed by atoms with Crippen LogP contribution in [-0.4, -0.2) is 49.8 Å². The highest BCUT2D eigenvalue weighted by molar-refractivity contribution is 7.89. The summed E-state index contributed by atoms with van der Waals surface area (Å²) < 4.78 is 28.5. The summed E-state index contributed by atoms with van der Waals surface area (Å²) in [5.41, 5.74) is 0. The predicted molar refractivity (Wildman–Crippen MR) is 73.3 cm³/mol. The average molecular weight is 286 g/mol. The quantitative estimate of drug-likeness (QED) is 0.857. The Balaban J connectivity index is 1.93. The molecule has 0 aromatic carbocycles. The molecule has 1 fully saturated rings. The normalized spacial score (nSPS) is 21.7. The lowest BCUT2D eigenvalue weighted by molar-refractivity contribution is 0.211. The number of aryl methyl sites for hydroxylation is 1. The van der Waals surface area contributed by atoms with Crippen LogP contribution in [0.3, 0.4) is 0 Å². The Hall–Kier alpha value is -0.920. The van der Waals surface area contributed by atoms with E-state index < -0.39 is 10.0 Å². The molecule has 19 heavy (non-hydrogen) atoms. The highest BCUT2D eigenvalue weighted by Crippen LogP contribution is 2.15. The summed E-state index contributed by atoms with van der Waals surface area (Å²) in [5, 5.41) is 4.00. The number of likely N-dealkylation sites (tertiary alicyclic amines) is 1. The van der Waals surface area contributed by atoms with Crippen LogP contribution in [0.15, 0.2) is 17.3 Å². The lowest BCUT2D eigenvalue weighted by Crippen LogP contribution is -2.39. The second-order valence-corrected chi connectivity index (χ2v) is 6.92. The van der Waals surface area contributed by atoms with E-state index in [-0.39, 0.29) is 4.90 Å². The Bertz CT molecular complexity index is 512. The zero-order valence-electron chi connectivity index (χ0n) is 11.5. The molecule has 0 amide bonds. The molecule has 1 atom stereocenters. The van der Waals surface area contributed by atoms with Crippen molar-refractivity contribution in [2.45, 2.75) is 31.2 Å². The van der Waals surface area contributed by atoms with Crippen molar-refractivity contribution < 1.29 is 8.42 Å². The molecule has 2 rings (SSSR count). The lowest BCUT2D eigenvalue weighted by atomic mass is 9.99. The summed E-state index contributed by atoms with van der Waals surface area (Å²) in [6.07, 6.45) is 5.19. The van der Waals surface area contributed by atoms with Gasteiger partial charge in [-0.05, 0) is 39.3 Å². The predicted octanol–water partition coefficient (Wildman–Crippen LogP) is 0.523. The van der Waals surface area contributed by atoms with Crippen molar-refractivity contribution in [2.75, 3.05) is 26.7 Å². The molecule has 1 N–H and O–H groups in total. The van der Waals surface area contributed by atoms with Gasteiger partial charge in [0.2, 0.25) is 10.0 Å². The van der Waals surface area contributed by atoms with Gasteiger partial charge in [-0.1, -0.05) is 0 Å². The van der Waals surface area contributed by atoms with Gasteiger partial charge in [0, 0.05) is 25.8 Å². The maximum absolute atomic E-state index is 12.1. The van der Waals surface area contributed by atoms with Crippen molar-refractivity contribution in [3.05, 3.63) is 12.4 Å². The van der Waals surface area contributed by atoms with Crippen molar-refractivity contribution in [3.8, 4) is 0 Å². The van der Waals surface area contributed by atoms with E-state index in [1.54, 1.807) is 10.9 Å². The first-order chi connectivity index (χ1) is 9.01. The Labute approximate surface area is 114 Å². The molecule has 6 nitrogen and oxygen atoms in total. The molecule has 0 saturated carbocycles. The summed E-state index contributed by atoms with van der Waals surface area (Å²) in [7, 11) is -1.34. The number of aromatic nitrogens is 2. The van der Waals surface area contributed by atoms with Gasteiger partial charge in [0.1, 0.15) is 4.90 Å². The molecule has 1 saturated heterocycles. The van der Waals surface area contributed by atoms with Gasteiger partial charge in [0.25, 0.3) is 0 Å². The first kappa shape index (κ1) is 14.5. The van der Waals surface area contributed by atoms with E-state index >= 15 is 0 Å². The molecule has 1 unspecified atom stereocenters. The molecule has 1 aromatic rings. The Morgan fingerprint density at radius 3 is 2.95 bits per heavy atom. The smallest absolute Gasteiger partial charge is 0.243 e. The monoisotopic (exact) mass is 286 g/mol. The van der Waals surface area contributed by atoms with Gasteiger partial charge in [-0.3, -0.25) is 4.68 Å². The molecule has 0 spiro atoms. The molecule has 1 aromatic heterocycles. The molecule has 1 aliphatic heterocycles. The van der Waals surface area contributed by atoms with Crippen molar-refractivity contribution in [1.29, 1.82) is 0 Å². The Morgan fingerprint density at radius 1 is 1.53 bits per heavy atom. The van der Waals surface area contributed by atoms with E-state index in [2.05, 4.69) is 21.8 Å². The second kappa shape index (κ2) is 6.02. The summed E-state index contributed by atoms with van der Waals surface area (Å²) in [6.45, 7) is 5.16. The lowest BCUT2D eigenvalue weighted by Gasteiger charge is -2.29. The SMILES string of the molecule is CCn1cc(S(=O)(=O)NCC2CCCN(C)C2)cn1. The maximum atomic E-state index is 12.1. The van der Waals surface area contributed by atoms with Crippen LogP contribution >= 0.6 is 0 Å². The number of hydrogen-bond acceptors (Lipinski definition) is 4. The number of nitrogens with one attached hydrogen (secondary N) is 1. The highest BCUT2D eigenvalue weighted by atomic mass is 32.2. The third-order valence-corrected chi connectivity index (χ3v) is 4.91. The van der Waals surface area contributed by atoms with E-state index in [0.717, 1.165) is 25.9 Å². The van der Waals surface area contributed by atoms with Crippen LogP contribution in [0, 0.1) is 5.92 Å². The van der Waals surface area contributed by atoms with Crippen LogP contribution in [0.25, 0.3) is 0 Å². The van der Waals surface area contributed by atoms with Crippen molar-refractivity contribution >= 4 is 10.0 Å². The van der Waals surface area contributed by atoms with Crippen LogP contribution < -0.4 is 4.72 Å². The fourth-order valence-electron chi connectivity index (χ4n) is 2.41. The molecular weight excluding hydrogens is 264 g/mol. The fourth-order valence-corrected chi connectivity index (χ4v) is 3.48. The van der Waals surface area contributed by atoms with E-state index in [9.17, 15) is 8.42 Å². The van der Waals surface area contributed by atoms with Crippen molar-refractivity contribution in [1.82, 2.24) is 19.4 Å². The Kier molecular flexibility index (Phi) is 4.59. The molecule has 0 bridgehead atoms. The van der Waals surface area contributed by atoms with Crippen LogP contribution in [-0.2, 0) is 16.6 Å². The first-order valence-corrected chi connectivity index (χ1v) is 8.20. The van der Waals surface area contributed by atoms with Crippen LogP contribution in [0.2, 0.25) is 0 Å². The molecule has 7 heteroatoms. The van der Waals surface area contributed by atoms with Crippen molar-refractivity contribution in [3.63, 3.8) is 0 Å². The third-order valence-electron chi connectivity index (χ3n) is 3.53. The number of sulfonamides is 1. The third kappa shape index (κ3) is 3.77. The molecular formula is C12H22N4O2S. The second-order valence-electron chi connectivity index (χ2n) is 5.15. The minimum atomic E-state index is -3.42. The molecule has 2 heterocycles. The summed E-state index contributed by atoms with van der Waals surface area (Å²) in [6, 6.07) is 0. The molecule has 108 valence electrons. The summed E-state index contributed by atoms with van der Waals surface area (Å²) in [4.78, 5) is 2.50. The van der Waals surface area contributed by atoms with E-state index in [1.165, 1.54) is 6.20 Å². The van der Waals surface area contributed by atoms with Gasteiger partial charge < -0.3 is 4.90 Å². The van der Waals surface area contributed by atoms with Gasteiger partial charge in [-0.25, -0.2) is 13.1 Å². The van der Waals surface area contributed by atoms with Crippen molar-refractivity contribution in [2.24, 2.45) is 5.92 Å². The van der Waals surface area contributed by atoms with E-state index in [4.69, 9.17) is 0 Å². The molecule has 0 aliphatic carbocycles. The Morgan fingerprint density at radius 2 is 2.32 bits per heavy atom. The minimum Gasteiger partial charge on any atom is -0.306 e. The highest BCUT2D eigenvalue weighted by Gasteiger charge is 2.21.